The van der Waals surface area contributed by atoms with Crippen molar-refractivity contribution in [1.82, 2.24) is 4.90 Å². The molecule has 7 rings (SSSR count). The molecular weight excluding hydrogens is 681 g/mol. The van der Waals surface area contributed by atoms with Crippen molar-refractivity contribution in [3.8, 4) is 17.2 Å². The smallest absolute Gasteiger partial charge is 0.414 e. The van der Waals surface area contributed by atoms with Gasteiger partial charge in [-0.15, -0.1) is 0 Å². The lowest BCUT2D eigenvalue weighted by Gasteiger charge is -2.44. The largest absolute Gasteiger partial charge is 0.497 e. The van der Waals surface area contributed by atoms with Gasteiger partial charge in [0.25, 0.3) is 0 Å². The second kappa shape index (κ2) is 16.0. The van der Waals surface area contributed by atoms with Gasteiger partial charge in [0.2, 0.25) is 0 Å². The molecule has 3 saturated heterocycles. The van der Waals surface area contributed by atoms with E-state index in [-0.39, 0.29) is 19.1 Å². The van der Waals surface area contributed by atoms with Crippen LogP contribution in [-0.2, 0) is 22.4 Å². The first kappa shape index (κ1) is 35.3. The summed E-state index contributed by atoms with van der Waals surface area (Å²) in [6, 6.07) is 19.6. The molecule has 10 nitrogen and oxygen atoms in total. The number of H-pyrrole nitrogens is 1. The molecule has 3 aliphatic heterocycles. The van der Waals surface area contributed by atoms with Gasteiger partial charge < -0.3 is 23.7 Å². The van der Waals surface area contributed by atoms with Crippen molar-refractivity contribution in [3.63, 3.8) is 0 Å². The maximum Gasteiger partial charge on any atom is 0.414 e. The third-order valence-corrected chi connectivity index (χ3v) is 10.0. The van der Waals surface area contributed by atoms with Gasteiger partial charge in [-0.05, 0) is 79.4 Å². The molecule has 1 aromatic heterocycles. The molecule has 0 saturated carbocycles. The Hall–Kier alpha value is -4.51. The third kappa shape index (κ3) is 8.09. The zero-order valence-electron chi connectivity index (χ0n) is 28.2. The van der Waals surface area contributed by atoms with Gasteiger partial charge in [-0.2, -0.15) is 0 Å². The number of halogens is 2. The van der Waals surface area contributed by atoms with E-state index >= 15 is 0 Å². The number of hydrogen-bond donors (Lipinski definition) is 0. The Morgan fingerprint density at radius 3 is 2.32 bits per heavy atom. The first-order valence-corrected chi connectivity index (χ1v) is 17.2. The molecular formula is C38H40Cl2N3O7+. The average molecular weight is 722 g/mol. The number of hydrogen-bond acceptors (Lipinski definition) is 8. The summed E-state index contributed by atoms with van der Waals surface area (Å²) in [7, 11) is 4.67. The molecule has 0 spiro atoms. The summed E-state index contributed by atoms with van der Waals surface area (Å²) in [5.74, 6) is 1.41. The molecule has 2 bridgehead atoms. The fourth-order valence-corrected chi connectivity index (χ4v) is 7.12. The van der Waals surface area contributed by atoms with Crippen LogP contribution < -0.4 is 24.1 Å². The van der Waals surface area contributed by atoms with Crippen molar-refractivity contribution in [2.75, 3.05) is 45.9 Å². The summed E-state index contributed by atoms with van der Waals surface area (Å²) in [6.07, 6.45) is 4.07. The van der Waals surface area contributed by atoms with E-state index in [0.29, 0.717) is 61.2 Å². The highest BCUT2D eigenvalue weighted by Gasteiger charge is 2.37. The Kier molecular flexibility index (Phi) is 11.3. The summed E-state index contributed by atoms with van der Waals surface area (Å²) in [5.41, 5.74) is 2.91. The number of benzene rings is 3. The standard InChI is InChI=1S/C38H39Cl2N3O7/c1-46-29-9-5-8-28(18-29)43(38(45)50-36-23-42-14-12-25(36)13-15-42)22-24-6-4-7-27(16-24)37(44)49-34(19-30-31(39)20-41-21-32(30)40)26-10-11-33(47-2)35(17-26)48-3/h4-11,16-18,20-21,25,34,36H,12-15,19,22-23H2,1-3H3/p+1/t34-,36-/m0/s1. The van der Waals surface area contributed by atoms with Gasteiger partial charge in [0.15, 0.2) is 23.9 Å². The molecule has 1 amide bonds. The van der Waals surface area contributed by atoms with Gasteiger partial charge in [0, 0.05) is 24.6 Å². The number of aromatic nitrogens is 1. The van der Waals surface area contributed by atoms with Crippen molar-refractivity contribution in [1.29, 1.82) is 0 Å². The highest BCUT2D eigenvalue weighted by atomic mass is 35.5. The van der Waals surface area contributed by atoms with E-state index in [1.54, 1.807) is 74.0 Å². The first-order valence-electron chi connectivity index (χ1n) is 16.5. The topological polar surface area (TPSA) is 101 Å². The second-order valence-electron chi connectivity index (χ2n) is 12.4. The van der Waals surface area contributed by atoms with Crippen LogP contribution in [0.2, 0.25) is 10.0 Å². The minimum Gasteiger partial charge on any atom is -0.497 e. The van der Waals surface area contributed by atoms with Crippen LogP contribution in [0.3, 0.4) is 0 Å². The molecule has 3 fully saturated rings. The lowest BCUT2D eigenvalue weighted by atomic mass is 9.86. The maximum absolute atomic E-state index is 13.9. The van der Waals surface area contributed by atoms with Gasteiger partial charge in [0.1, 0.15) is 28.0 Å². The van der Waals surface area contributed by atoms with Gasteiger partial charge in [-0.1, -0.05) is 47.5 Å². The number of carbonyl (C=O) groups is 2. The fraction of sp³-hybridized carbons (Fsp3) is 0.342. The molecule has 12 heteroatoms. The highest BCUT2D eigenvalue weighted by Crippen LogP contribution is 2.36. The van der Waals surface area contributed by atoms with E-state index in [9.17, 15) is 9.59 Å². The number of ether oxygens (including phenoxy) is 5. The third-order valence-electron chi connectivity index (χ3n) is 9.35. The molecule has 0 radical (unpaired) electrons. The molecule has 4 aromatic rings. The molecule has 262 valence electrons. The monoisotopic (exact) mass is 720 g/mol. The Bertz CT molecular complexity index is 1810. The summed E-state index contributed by atoms with van der Waals surface area (Å²) >= 11 is 13.0. The van der Waals surface area contributed by atoms with E-state index < -0.39 is 18.2 Å². The zero-order chi connectivity index (χ0) is 35.2. The van der Waals surface area contributed by atoms with Crippen molar-refractivity contribution >= 4 is 41.0 Å². The molecule has 0 unspecified atom stereocenters. The van der Waals surface area contributed by atoms with E-state index in [2.05, 4.69) is 9.88 Å². The Balaban J connectivity index is 1.26. The normalized spacial score (nSPS) is 18.5. The number of methoxy groups -OCH3 is 3. The van der Waals surface area contributed by atoms with Crippen molar-refractivity contribution in [3.05, 3.63) is 111 Å². The van der Waals surface area contributed by atoms with Crippen LogP contribution in [0, 0.1) is 5.92 Å². The number of amides is 1. The number of nitrogens with zero attached hydrogens (tertiary/aromatic N) is 2. The molecule has 4 heterocycles. The summed E-state index contributed by atoms with van der Waals surface area (Å²) in [4.78, 5) is 34.5. The van der Waals surface area contributed by atoms with Crippen molar-refractivity contribution < 1.29 is 38.3 Å². The van der Waals surface area contributed by atoms with Crippen LogP contribution in [0.4, 0.5) is 10.5 Å². The first-order chi connectivity index (χ1) is 24.3. The molecule has 0 aliphatic carbocycles. The van der Waals surface area contributed by atoms with E-state index in [1.807, 2.05) is 24.3 Å². The molecule has 2 atom stereocenters. The van der Waals surface area contributed by atoms with Crippen LogP contribution in [-0.4, -0.2) is 64.0 Å². The van der Waals surface area contributed by atoms with E-state index in [4.69, 9.17) is 46.9 Å². The fourth-order valence-electron chi connectivity index (χ4n) is 6.59. The number of carbonyl (C=O) groups excluding carboxylic acids is 2. The quantitative estimate of drug-likeness (QED) is 0.142. The summed E-state index contributed by atoms with van der Waals surface area (Å²) < 4.78 is 28.7. The van der Waals surface area contributed by atoms with Gasteiger partial charge in [0.05, 0.1) is 39.1 Å². The number of rotatable bonds is 12. The van der Waals surface area contributed by atoms with Crippen LogP contribution in [0.25, 0.3) is 0 Å². The van der Waals surface area contributed by atoms with Gasteiger partial charge >= 0.3 is 12.1 Å². The van der Waals surface area contributed by atoms with Crippen molar-refractivity contribution in [2.24, 2.45) is 5.92 Å². The predicted molar refractivity (Wildman–Crippen MR) is 189 cm³/mol. The van der Waals surface area contributed by atoms with Crippen LogP contribution in [0.15, 0.2) is 79.1 Å². The summed E-state index contributed by atoms with van der Waals surface area (Å²) in [5, 5.41) is 0.813. The Morgan fingerprint density at radius 2 is 1.64 bits per heavy atom. The number of anilines is 1. The van der Waals surface area contributed by atoms with Crippen molar-refractivity contribution in [2.45, 2.75) is 38.0 Å². The minimum absolute atomic E-state index is 0.152. The Morgan fingerprint density at radius 1 is 0.900 bits per heavy atom. The molecule has 50 heavy (non-hydrogen) atoms. The lowest BCUT2D eigenvalue weighted by molar-refractivity contribution is -0.377. The highest BCUT2D eigenvalue weighted by molar-refractivity contribution is 6.35. The van der Waals surface area contributed by atoms with E-state index in [0.717, 1.165) is 32.5 Å². The number of piperidine rings is 3. The van der Waals surface area contributed by atoms with Crippen LogP contribution in [0.5, 0.6) is 17.2 Å². The number of aromatic amines is 1. The second-order valence-corrected chi connectivity index (χ2v) is 13.2. The number of nitrogens with one attached hydrogen (secondary N) is 1. The minimum atomic E-state index is -0.784. The zero-order valence-corrected chi connectivity index (χ0v) is 29.7. The molecule has 1 N–H and O–H groups in total. The lowest BCUT2D eigenvalue weighted by Crippen LogP contribution is -2.53. The van der Waals surface area contributed by atoms with Crippen LogP contribution >= 0.6 is 23.2 Å². The summed E-state index contributed by atoms with van der Waals surface area (Å²) in [6.45, 7) is 2.97. The number of esters is 1. The predicted octanol–water partition coefficient (Wildman–Crippen LogP) is 7.21. The van der Waals surface area contributed by atoms with E-state index in [1.165, 1.54) is 7.11 Å². The SMILES string of the molecule is COc1cccc(N(Cc2cccc(C(=O)O[C@@H](Cc3c(Cl)c[nH+]cc3Cl)c3ccc(OC)c(OC)c3)c2)C(=O)O[C@H]2CN3CCC2CC3)c1. The van der Waals surface area contributed by atoms with Gasteiger partial charge in [-0.3, -0.25) is 9.80 Å². The Labute approximate surface area is 301 Å². The molecule has 3 aliphatic rings. The van der Waals surface area contributed by atoms with Crippen LogP contribution in [0.1, 0.15) is 46.0 Å². The maximum atomic E-state index is 13.9. The number of fused-ring (bicyclic) bond motifs is 3. The molecule has 3 aromatic carbocycles. The van der Waals surface area contributed by atoms with Gasteiger partial charge in [-0.25, -0.2) is 14.6 Å². The average Bonchev–Trinajstić information content (AvgIpc) is 3.15. The number of pyridine rings is 1.